The molecule has 0 bridgehead atoms. The van der Waals surface area contributed by atoms with Crippen LogP contribution in [0.25, 0.3) is 0 Å². The fraction of sp³-hybridized carbons (Fsp3) is 0.864. The summed E-state index contributed by atoms with van der Waals surface area (Å²) in [5.74, 6) is 0.574. The average Bonchev–Trinajstić information content (AvgIpc) is 2.57. The van der Waals surface area contributed by atoms with Crippen LogP contribution in [0.3, 0.4) is 0 Å². The first-order valence-electron chi connectivity index (χ1n) is 10.5. The molecule has 0 atom stereocenters. The lowest BCUT2D eigenvalue weighted by Gasteiger charge is -2.05. The number of ether oxygens (including phenoxy) is 1. The van der Waals surface area contributed by atoms with Crippen molar-refractivity contribution in [2.75, 3.05) is 6.61 Å². The molecule has 0 N–H and O–H groups in total. The second kappa shape index (κ2) is 18.5. The molecule has 0 radical (unpaired) electrons. The summed E-state index contributed by atoms with van der Waals surface area (Å²) in [6.07, 6.45) is 21.6. The summed E-state index contributed by atoms with van der Waals surface area (Å²) >= 11 is 0. The molecule has 0 saturated carbocycles. The zero-order valence-corrected chi connectivity index (χ0v) is 16.5. The van der Waals surface area contributed by atoms with Crippen molar-refractivity contribution in [3.8, 4) is 0 Å². The molecule has 0 fully saturated rings. The van der Waals surface area contributed by atoms with Crippen LogP contribution in [0.1, 0.15) is 110 Å². The monoisotopic (exact) mass is 338 g/mol. The summed E-state index contributed by atoms with van der Waals surface area (Å²) in [6.45, 7) is 8.57. The first kappa shape index (κ1) is 23.2. The van der Waals surface area contributed by atoms with Gasteiger partial charge in [-0.05, 0) is 12.3 Å². The molecule has 0 unspecified atom stereocenters. The van der Waals surface area contributed by atoms with E-state index in [9.17, 15) is 4.79 Å². The van der Waals surface area contributed by atoms with Crippen molar-refractivity contribution in [1.29, 1.82) is 0 Å². The third-order valence-electron chi connectivity index (χ3n) is 4.59. The molecule has 2 heteroatoms. The topological polar surface area (TPSA) is 26.3 Å². The fourth-order valence-corrected chi connectivity index (χ4v) is 3.01. The lowest BCUT2D eigenvalue weighted by atomic mass is 10.0. The maximum absolute atomic E-state index is 10.8. The molecule has 0 aliphatic carbocycles. The Hall–Kier alpha value is -0.790. The maximum atomic E-state index is 10.8. The number of hydrogen-bond donors (Lipinski definition) is 0. The number of hydrogen-bond acceptors (Lipinski definition) is 2. The van der Waals surface area contributed by atoms with Crippen molar-refractivity contribution in [2.45, 2.75) is 110 Å². The van der Waals surface area contributed by atoms with Crippen molar-refractivity contribution >= 4 is 5.97 Å². The van der Waals surface area contributed by atoms with Crippen molar-refractivity contribution in [3.63, 3.8) is 0 Å². The second-order valence-electron chi connectivity index (χ2n) is 7.50. The molecule has 0 aromatic heterocycles. The predicted molar refractivity (Wildman–Crippen MR) is 105 cm³/mol. The Balaban J connectivity index is 3.03. The van der Waals surface area contributed by atoms with E-state index in [0.29, 0.717) is 6.61 Å². The Labute approximate surface area is 151 Å². The van der Waals surface area contributed by atoms with Crippen LogP contribution in [0.4, 0.5) is 0 Å². The summed E-state index contributed by atoms with van der Waals surface area (Å²) < 4.78 is 4.96. The zero-order chi connectivity index (χ0) is 17.9. The van der Waals surface area contributed by atoms with Crippen LogP contribution in [-0.4, -0.2) is 12.6 Å². The minimum Gasteiger partial charge on any atom is -0.463 e. The summed E-state index contributed by atoms with van der Waals surface area (Å²) in [4.78, 5) is 10.8. The first-order valence-corrected chi connectivity index (χ1v) is 10.5. The van der Waals surface area contributed by atoms with E-state index in [1.807, 2.05) is 0 Å². The Morgan fingerprint density at radius 1 is 0.750 bits per heavy atom. The van der Waals surface area contributed by atoms with Crippen LogP contribution in [0.5, 0.6) is 0 Å². The third-order valence-corrected chi connectivity index (χ3v) is 4.59. The molecule has 0 aliphatic heterocycles. The number of unbranched alkanes of at least 4 members (excludes halogenated alkanes) is 13. The van der Waals surface area contributed by atoms with Crippen molar-refractivity contribution in [2.24, 2.45) is 5.92 Å². The molecule has 0 spiro atoms. The van der Waals surface area contributed by atoms with E-state index in [4.69, 9.17) is 4.74 Å². The summed E-state index contributed by atoms with van der Waals surface area (Å²) in [7, 11) is 0. The van der Waals surface area contributed by atoms with Crippen molar-refractivity contribution < 1.29 is 9.53 Å². The first-order chi connectivity index (χ1) is 11.7. The van der Waals surface area contributed by atoms with Crippen LogP contribution < -0.4 is 0 Å². The molecule has 0 aromatic carbocycles. The molecular formula is C22H42O2. The van der Waals surface area contributed by atoms with Crippen LogP contribution >= 0.6 is 0 Å². The van der Waals surface area contributed by atoms with E-state index in [2.05, 4.69) is 20.4 Å². The minimum absolute atomic E-state index is 0.300. The zero-order valence-electron chi connectivity index (χ0n) is 16.5. The Kier molecular flexibility index (Phi) is 17.9. The van der Waals surface area contributed by atoms with Gasteiger partial charge in [-0.1, -0.05) is 110 Å². The molecule has 0 aromatic rings. The van der Waals surface area contributed by atoms with E-state index < -0.39 is 0 Å². The van der Waals surface area contributed by atoms with Gasteiger partial charge in [0.25, 0.3) is 0 Å². The Morgan fingerprint density at radius 2 is 1.12 bits per heavy atom. The van der Waals surface area contributed by atoms with Crippen molar-refractivity contribution in [3.05, 3.63) is 12.7 Å². The highest BCUT2D eigenvalue weighted by Crippen LogP contribution is 2.14. The molecule has 2 nitrogen and oxygen atoms in total. The molecule has 0 saturated heterocycles. The van der Waals surface area contributed by atoms with Gasteiger partial charge < -0.3 is 4.74 Å². The van der Waals surface area contributed by atoms with Gasteiger partial charge in [0, 0.05) is 6.08 Å². The maximum Gasteiger partial charge on any atom is 0.330 e. The Bertz CT molecular complexity index is 284. The van der Waals surface area contributed by atoms with E-state index in [0.717, 1.165) is 12.3 Å². The van der Waals surface area contributed by atoms with Gasteiger partial charge in [0.15, 0.2) is 0 Å². The van der Waals surface area contributed by atoms with E-state index >= 15 is 0 Å². The molecule has 0 aliphatic rings. The van der Waals surface area contributed by atoms with Gasteiger partial charge in [-0.15, -0.1) is 0 Å². The van der Waals surface area contributed by atoms with E-state index in [1.165, 1.54) is 96.0 Å². The summed E-state index contributed by atoms with van der Waals surface area (Å²) in [5.41, 5.74) is 0. The third kappa shape index (κ3) is 19.3. The van der Waals surface area contributed by atoms with E-state index in [1.54, 1.807) is 0 Å². The highest BCUT2D eigenvalue weighted by Gasteiger charge is 1.97. The average molecular weight is 339 g/mol. The summed E-state index contributed by atoms with van der Waals surface area (Å²) in [5, 5.41) is 0. The molecule has 0 rings (SSSR count). The van der Waals surface area contributed by atoms with Gasteiger partial charge in [-0.3, -0.25) is 0 Å². The van der Waals surface area contributed by atoms with Gasteiger partial charge in [0.05, 0.1) is 6.61 Å². The summed E-state index contributed by atoms with van der Waals surface area (Å²) in [6, 6.07) is 0. The molecule has 0 amide bonds. The fourth-order valence-electron chi connectivity index (χ4n) is 3.01. The lowest BCUT2D eigenvalue weighted by molar-refractivity contribution is -0.137. The highest BCUT2D eigenvalue weighted by atomic mass is 16.5. The highest BCUT2D eigenvalue weighted by molar-refractivity contribution is 5.81. The molecule has 0 heterocycles. The Morgan fingerprint density at radius 3 is 1.50 bits per heavy atom. The van der Waals surface area contributed by atoms with Crippen LogP contribution in [-0.2, 0) is 9.53 Å². The standard InChI is InChI=1S/C22H42O2/c1-4-22(23)24-20-18-16-14-12-10-8-6-5-7-9-11-13-15-17-19-21(2)3/h4,21H,1,5-20H2,2-3H3. The van der Waals surface area contributed by atoms with Crippen LogP contribution in [0, 0.1) is 5.92 Å². The SMILES string of the molecule is C=CC(=O)OCCCCCCCCCCCCCCCCC(C)C. The second-order valence-corrected chi connectivity index (χ2v) is 7.50. The van der Waals surface area contributed by atoms with Gasteiger partial charge in [-0.25, -0.2) is 4.79 Å². The number of rotatable bonds is 18. The molecule has 142 valence electrons. The normalized spacial score (nSPS) is 11.0. The molecular weight excluding hydrogens is 296 g/mol. The van der Waals surface area contributed by atoms with E-state index in [-0.39, 0.29) is 5.97 Å². The molecule has 24 heavy (non-hydrogen) atoms. The lowest BCUT2D eigenvalue weighted by Crippen LogP contribution is -2.01. The van der Waals surface area contributed by atoms with Gasteiger partial charge in [0.2, 0.25) is 0 Å². The van der Waals surface area contributed by atoms with Crippen LogP contribution in [0.15, 0.2) is 12.7 Å². The largest absolute Gasteiger partial charge is 0.463 e. The van der Waals surface area contributed by atoms with Gasteiger partial charge in [0.1, 0.15) is 0 Å². The number of carbonyl (C=O) groups excluding carboxylic acids is 1. The van der Waals surface area contributed by atoms with Gasteiger partial charge >= 0.3 is 5.97 Å². The number of carbonyl (C=O) groups is 1. The smallest absolute Gasteiger partial charge is 0.330 e. The number of esters is 1. The quantitative estimate of drug-likeness (QED) is 0.150. The van der Waals surface area contributed by atoms with Crippen LogP contribution in [0.2, 0.25) is 0 Å². The van der Waals surface area contributed by atoms with Crippen molar-refractivity contribution in [1.82, 2.24) is 0 Å². The minimum atomic E-state index is -0.300. The van der Waals surface area contributed by atoms with Gasteiger partial charge in [-0.2, -0.15) is 0 Å². The predicted octanol–water partition coefficient (Wildman–Crippen LogP) is 7.22.